The first-order chi connectivity index (χ1) is 12.1. The first-order valence-electron chi connectivity index (χ1n) is 8.08. The number of rotatable bonds is 6. The van der Waals surface area contributed by atoms with E-state index >= 15 is 0 Å². The fourth-order valence-corrected chi connectivity index (χ4v) is 2.98. The molecule has 1 aromatic heterocycles. The normalized spacial score (nSPS) is 11.0. The van der Waals surface area contributed by atoms with Crippen molar-refractivity contribution in [3.05, 3.63) is 74.0 Å². The van der Waals surface area contributed by atoms with Gasteiger partial charge in [0.2, 0.25) is 0 Å². The Labute approximate surface area is 149 Å². The van der Waals surface area contributed by atoms with Crippen LogP contribution in [0.3, 0.4) is 0 Å². The monoisotopic (exact) mass is 359 g/mol. The summed E-state index contributed by atoms with van der Waals surface area (Å²) in [6, 6.07) is 12.8. The van der Waals surface area contributed by atoms with E-state index < -0.39 is 11.4 Å². The second-order valence-corrected chi connectivity index (χ2v) is 6.22. The molecule has 0 radical (unpaired) electrons. The fourth-order valence-electron chi connectivity index (χ4n) is 2.71. The second kappa shape index (κ2) is 7.57. The summed E-state index contributed by atoms with van der Waals surface area (Å²) in [5.74, 6) is 0.140. The van der Waals surface area contributed by atoms with Crippen molar-refractivity contribution < 1.29 is 9.15 Å². The smallest absolute Gasteiger partial charge is 0.422 e. The van der Waals surface area contributed by atoms with Crippen molar-refractivity contribution in [1.82, 2.24) is 4.57 Å². The molecule has 3 aromatic rings. The zero-order chi connectivity index (χ0) is 17.8. The van der Waals surface area contributed by atoms with Crippen molar-refractivity contribution in [2.24, 2.45) is 0 Å². The third kappa shape index (κ3) is 3.94. The quantitative estimate of drug-likeness (QED) is 0.628. The molecule has 2 aromatic carbocycles. The zero-order valence-electron chi connectivity index (χ0n) is 13.8. The molecule has 130 valence electrons. The Balaban J connectivity index is 1.68. The molecule has 25 heavy (non-hydrogen) atoms. The summed E-state index contributed by atoms with van der Waals surface area (Å²) in [5.41, 5.74) is 0.899. The molecule has 0 saturated carbocycles. The van der Waals surface area contributed by atoms with E-state index in [1.165, 1.54) is 4.57 Å². The van der Waals surface area contributed by atoms with Crippen molar-refractivity contribution >= 4 is 22.5 Å². The lowest BCUT2D eigenvalue weighted by Crippen LogP contribution is -2.25. The molecule has 0 fully saturated rings. The van der Waals surface area contributed by atoms with E-state index in [0.29, 0.717) is 35.5 Å². The summed E-state index contributed by atoms with van der Waals surface area (Å²) in [5, 5.41) is 0.668. The van der Waals surface area contributed by atoms with Crippen LogP contribution in [0.15, 0.2) is 56.5 Å². The van der Waals surface area contributed by atoms with Crippen molar-refractivity contribution in [2.45, 2.75) is 26.3 Å². The van der Waals surface area contributed by atoms with Crippen LogP contribution in [-0.4, -0.2) is 11.2 Å². The largest absolute Gasteiger partial charge is 0.494 e. The molecular formula is C19H18ClNO4. The summed E-state index contributed by atoms with van der Waals surface area (Å²) in [4.78, 5) is 23.8. The highest BCUT2D eigenvalue weighted by molar-refractivity contribution is 6.35. The van der Waals surface area contributed by atoms with Crippen LogP contribution in [-0.2, 0) is 6.54 Å². The first-order valence-corrected chi connectivity index (χ1v) is 8.46. The van der Waals surface area contributed by atoms with Gasteiger partial charge in [-0.2, -0.15) is 0 Å². The molecule has 0 aliphatic rings. The van der Waals surface area contributed by atoms with Crippen molar-refractivity contribution in [3.63, 3.8) is 0 Å². The lowest BCUT2D eigenvalue weighted by Gasteiger charge is -2.10. The number of ether oxygens (including phenoxy) is 1. The number of hydrogen-bond acceptors (Lipinski definition) is 4. The van der Waals surface area contributed by atoms with Crippen LogP contribution in [0.1, 0.15) is 18.4 Å². The number of nitrogens with zero attached hydrogens (tertiary/aromatic N) is 1. The Morgan fingerprint density at radius 2 is 1.92 bits per heavy atom. The zero-order valence-corrected chi connectivity index (χ0v) is 14.6. The van der Waals surface area contributed by atoms with Crippen molar-refractivity contribution in [2.75, 3.05) is 6.61 Å². The number of benzene rings is 2. The highest BCUT2D eigenvalue weighted by atomic mass is 35.5. The summed E-state index contributed by atoms with van der Waals surface area (Å²) in [6.45, 7) is 2.96. The maximum absolute atomic E-state index is 12.0. The Kier molecular flexibility index (Phi) is 5.24. The number of fused-ring (bicyclic) bond motifs is 1. The van der Waals surface area contributed by atoms with Gasteiger partial charge in [-0.3, -0.25) is 4.57 Å². The number of para-hydroxylation sites is 1. The average Bonchev–Trinajstić information content (AvgIpc) is 2.57. The van der Waals surface area contributed by atoms with Gasteiger partial charge in [0.15, 0.2) is 0 Å². The van der Waals surface area contributed by atoms with Crippen molar-refractivity contribution in [1.29, 1.82) is 0 Å². The minimum absolute atomic E-state index is 0.308. The Morgan fingerprint density at radius 1 is 1.12 bits per heavy atom. The van der Waals surface area contributed by atoms with E-state index in [1.807, 2.05) is 31.2 Å². The molecule has 0 aliphatic carbocycles. The van der Waals surface area contributed by atoms with Gasteiger partial charge < -0.3 is 9.15 Å². The number of aryl methyl sites for hydroxylation is 2. The topological polar surface area (TPSA) is 61.4 Å². The molecule has 0 aliphatic heterocycles. The van der Waals surface area contributed by atoms with Gasteiger partial charge in [-0.25, -0.2) is 9.59 Å². The van der Waals surface area contributed by atoms with E-state index in [9.17, 15) is 9.59 Å². The van der Waals surface area contributed by atoms with Crippen LogP contribution in [0.4, 0.5) is 0 Å². The highest BCUT2D eigenvalue weighted by Crippen LogP contribution is 2.20. The second-order valence-electron chi connectivity index (χ2n) is 5.82. The lowest BCUT2D eigenvalue weighted by molar-refractivity contribution is 0.300. The molecule has 0 atom stereocenters. The highest BCUT2D eigenvalue weighted by Gasteiger charge is 2.12. The minimum Gasteiger partial charge on any atom is -0.494 e. The summed E-state index contributed by atoms with van der Waals surface area (Å²) in [7, 11) is 0. The van der Waals surface area contributed by atoms with Gasteiger partial charge in [0.1, 0.15) is 5.75 Å². The number of halogens is 1. The Hall–Kier alpha value is -2.53. The first kappa shape index (κ1) is 17.3. The van der Waals surface area contributed by atoms with Gasteiger partial charge in [-0.15, -0.1) is 0 Å². The molecule has 0 N–H and O–H groups in total. The van der Waals surface area contributed by atoms with Gasteiger partial charge in [0.25, 0.3) is 0 Å². The summed E-state index contributed by atoms with van der Waals surface area (Å²) in [6.07, 6.45) is 1.45. The molecule has 0 amide bonds. The maximum Gasteiger partial charge on any atom is 0.422 e. The van der Waals surface area contributed by atoms with Gasteiger partial charge in [-0.05, 0) is 49.6 Å². The molecule has 0 bridgehead atoms. The van der Waals surface area contributed by atoms with E-state index in [0.717, 1.165) is 17.7 Å². The molecule has 6 heteroatoms. The molecule has 5 nitrogen and oxygen atoms in total. The number of aromatic nitrogens is 1. The van der Waals surface area contributed by atoms with Gasteiger partial charge in [-0.1, -0.05) is 29.8 Å². The third-order valence-corrected chi connectivity index (χ3v) is 4.22. The van der Waals surface area contributed by atoms with Crippen LogP contribution >= 0.6 is 11.6 Å². The maximum atomic E-state index is 12.0. The summed E-state index contributed by atoms with van der Waals surface area (Å²) < 4.78 is 11.9. The average molecular weight is 360 g/mol. The number of hydrogen-bond donors (Lipinski definition) is 0. The van der Waals surface area contributed by atoms with Gasteiger partial charge in [0, 0.05) is 6.54 Å². The van der Waals surface area contributed by atoms with E-state index in [4.69, 9.17) is 20.8 Å². The minimum atomic E-state index is -0.690. The Bertz CT molecular complexity index is 1010. The van der Waals surface area contributed by atoms with Crippen LogP contribution < -0.4 is 16.1 Å². The lowest BCUT2D eigenvalue weighted by atomic mass is 10.2. The Morgan fingerprint density at radius 3 is 2.72 bits per heavy atom. The van der Waals surface area contributed by atoms with Crippen LogP contribution in [0.5, 0.6) is 5.75 Å². The molecule has 0 spiro atoms. The molecule has 1 heterocycles. The van der Waals surface area contributed by atoms with Crippen molar-refractivity contribution in [3.8, 4) is 5.75 Å². The third-order valence-electron chi connectivity index (χ3n) is 3.91. The van der Waals surface area contributed by atoms with E-state index in [2.05, 4.69) is 0 Å². The van der Waals surface area contributed by atoms with Crippen LogP contribution in [0.2, 0.25) is 5.02 Å². The molecule has 0 saturated heterocycles. The van der Waals surface area contributed by atoms with E-state index in [1.54, 1.807) is 18.2 Å². The standard InChI is InChI=1S/C19H18ClNO4/c1-13-6-4-7-14(12-13)24-11-3-2-10-21-17-15(8-5-9-16(17)20)18(22)25-19(21)23/h4-9,12H,2-3,10-11H2,1H3. The van der Waals surface area contributed by atoms with Crippen LogP contribution in [0.25, 0.3) is 10.9 Å². The summed E-state index contributed by atoms with van der Waals surface area (Å²) >= 11 is 6.18. The predicted octanol–water partition coefficient (Wildman–Crippen LogP) is 3.78. The molecular weight excluding hydrogens is 342 g/mol. The molecule has 3 rings (SSSR count). The molecule has 0 unspecified atom stereocenters. The van der Waals surface area contributed by atoms with Gasteiger partial charge in [0.05, 0.1) is 22.5 Å². The van der Waals surface area contributed by atoms with Crippen LogP contribution in [0, 0.1) is 6.92 Å². The van der Waals surface area contributed by atoms with Gasteiger partial charge >= 0.3 is 11.4 Å². The fraction of sp³-hybridized carbons (Fsp3) is 0.263. The van der Waals surface area contributed by atoms with E-state index in [-0.39, 0.29) is 0 Å². The SMILES string of the molecule is Cc1cccc(OCCCCn2c(=O)oc(=O)c3cccc(Cl)c32)c1. The predicted molar refractivity (Wildman–Crippen MR) is 97.7 cm³/mol. The number of unbranched alkanes of at least 4 members (excludes halogenated alkanes) is 1.